The number of hydrogen-bond acceptors (Lipinski definition) is 3. The Hall–Kier alpha value is -2.47. The molecule has 0 saturated heterocycles. The van der Waals surface area contributed by atoms with Crippen molar-refractivity contribution >= 4 is 22.4 Å². The minimum Gasteiger partial charge on any atom is -0.440 e. The van der Waals surface area contributed by atoms with Crippen LogP contribution in [-0.2, 0) is 4.74 Å². The average Bonchev–Trinajstić information content (AvgIpc) is 2.93. The van der Waals surface area contributed by atoms with Crippen molar-refractivity contribution in [3.8, 4) is 11.8 Å². The van der Waals surface area contributed by atoms with E-state index in [0.717, 1.165) is 34.9 Å². The molecule has 0 aliphatic carbocycles. The molecule has 1 aliphatic rings. The van der Waals surface area contributed by atoms with Gasteiger partial charge < -0.3 is 9.64 Å². The molecular formula is C22H25NO2. The van der Waals surface area contributed by atoms with E-state index < -0.39 is 6.10 Å². The zero-order valence-electron chi connectivity index (χ0n) is 15.3. The predicted octanol–water partition coefficient (Wildman–Crippen LogP) is 5.09. The van der Waals surface area contributed by atoms with Gasteiger partial charge in [0.05, 0.1) is 5.56 Å². The van der Waals surface area contributed by atoms with E-state index in [1.165, 1.54) is 19.3 Å². The number of hydrogen-bond donors (Lipinski definition) is 0. The Kier molecular flexibility index (Phi) is 5.28. The Morgan fingerprint density at radius 1 is 1.12 bits per heavy atom. The van der Waals surface area contributed by atoms with E-state index in [2.05, 4.69) is 24.8 Å². The van der Waals surface area contributed by atoms with Gasteiger partial charge in [-0.3, -0.25) is 0 Å². The monoisotopic (exact) mass is 335 g/mol. The number of benzene rings is 2. The number of rotatable bonds is 5. The molecule has 0 N–H and O–H groups in total. The van der Waals surface area contributed by atoms with E-state index in [-0.39, 0.29) is 5.97 Å². The van der Waals surface area contributed by atoms with Crippen LogP contribution in [0.15, 0.2) is 30.3 Å². The first-order valence-corrected chi connectivity index (χ1v) is 9.05. The summed E-state index contributed by atoms with van der Waals surface area (Å²) in [4.78, 5) is 14.6. The molecule has 25 heavy (non-hydrogen) atoms. The zero-order chi connectivity index (χ0) is 17.8. The van der Waals surface area contributed by atoms with Crippen LogP contribution in [0.5, 0.6) is 0 Å². The van der Waals surface area contributed by atoms with E-state index in [0.29, 0.717) is 5.56 Å². The van der Waals surface area contributed by atoms with Gasteiger partial charge in [-0.05, 0) is 17.9 Å². The molecule has 0 fully saturated rings. The topological polar surface area (TPSA) is 29.5 Å². The number of carbonyl (C=O) groups is 1. The van der Waals surface area contributed by atoms with Gasteiger partial charge in [0.1, 0.15) is 0 Å². The van der Waals surface area contributed by atoms with Crippen LogP contribution < -0.4 is 4.90 Å². The van der Waals surface area contributed by atoms with Crippen LogP contribution in [0.4, 0.5) is 5.69 Å². The van der Waals surface area contributed by atoms with Gasteiger partial charge in [0, 0.05) is 37.2 Å². The first-order chi connectivity index (χ1) is 12.1. The fourth-order valence-electron chi connectivity index (χ4n) is 3.33. The summed E-state index contributed by atoms with van der Waals surface area (Å²) in [5, 5.41) is 2.01. The Bertz CT molecular complexity index is 842. The zero-order valence-corrected chi connectivity index (χ0v) is 15.3. The molecule has 3 heteroatoms. The number of esters is 1. The maximum absolute atomic E-state index is 12.5. The third-order valence-corrected chi connectivity index (χ3v) is 4.64. The third-order valence-electron chi connectivity index (χ3n) is 4.64. The number of unbranched alkanes of at least 4 members (excludes halogenated alkanes) is 4. The Labute approximate surface area is 150 Å². The van der Waals surface area contributed by atoms with Gasteiger partial charge in [-0.1, -0.05) is 62.3 Å². The van der Waals surface area contributed by atoms with Gasteiger partial charge in [-0.2, -0.15) is 0 Å². The quantitative estimate of drug-likeness (QED) is 0.433. The minimum atomic E-state index is -0.437. The van der Waals surface area contributed by atoms with Gasteiger partial charge in [-0.25, -0.2) is 4.79 Å². The van der Waals surface area contributed by atoms with E-state index in [9.17, 15) is 4.79 Å². The molecule has 0 radical (unpaired) electrons. The SMILES string of the molecule is CCCCCCC#CC1OC(=O)c2c1ccc1cccc(N(C)C)c21. The Morgan fingerprint density at radius 3 is 2.72 bits per heavy atom. The second-order valence-corrected chi connectivity index (χ2v) is 6.72. The normalized spacial score (nSPS) is 15.5. The lowest BCUT2D eigenvalue weighted by molar-refractivity contribution is 0.0482. The summed E-state index contributed by atoms with van der Waals surface area (Å²) >= 11 is 0. The third kappa shape index (κ3) is 3.49. The van der Waals surface area contributed by atoms with Crippen LogP contribution in [0.1, 0.15) is 61.1 Å². The van der Waals surface area contributed by atoms with Crippen molar-refractivity contribution in [2.45, 2.75) is 45.1 Å². The van der Waals surface area contributed by atoms with Gasteiger partial charge >= 0.3 is 5.97 Å². The van der Waals surface area contributed by atoms with E-state index >= 15 is 0 Å². The number of fused-ring (bicyclic) bond motifs is 3. The molecular weight excluding hydrogens is 310 g/mol. The highest BCUT2D eigenvalue weighted by Gasteiger charge is 2.32. The summed E-state index contributed by atoms with van der Waals surface area (Å²) in [7, 11) is 3.98. The molecule has 1 atom stereocenters. The molecule has 0 spiro atoms. The predicted molar refractivity (Wildman–Crippen MR) is 103 cm³/mol. The molecule has 2 aromatic carbocycles. The first kappa shape index (κ1) is 17.4. The Morgan fingerprint density at radius 2 is 1.96 bits per heavy atom. The summed E-state index contributed by atoms with van der Waals surface area (Å²) in [6, 6.07) is 10.1. The number of ether oxygens (including phenoxy) is 1. The summed E-state index contributed by atoms with van der Waals surface area (Å²) in [6.45, 7) is 2.20. The van der Waals surface area contributed by atoms with Crippen LogP contribution in [0.2, 0.25) is 0 Å². The van der Waals surface area contributed by atoms with Crippen molar-refractivity contribution in [2.75, 3.05) is 19.0 Å². The molecule has 1 aliphatic heterocycles. The number of anilines is 1. The van der Waals surface area contributed by atoms with E-state index in [4.69, 9.17) is 4.74 Å². The highest BCUT2D eigenvalue weighted by Crippen LogP contribution is 2.39. The van der Waals surface area contributed by atoms with Crippen LogP contribution in [0.3, 0.4) is 0 Å². The van der Waals surface area contributed by atoms with Crippen molar-refractivity contribution in [1.29, 1.82) is 0 Å². The van der Waals surface area contributed by atoms with Crippen LogP contribution >= 0.6 is 0 Å². The fourth-order valence-corrected chi connectivity index (χ4v) is 3.33. The lowest BCUT2D eigenvalue weighted by Crippen LogP contribution is -2.10. The van der Waals surface area contributed by atoms with Gasteiger partial charge in [0.2, 0.25) is 0 Å². The first-order valence-electron chi connectivity index (χ1n) is 9.05. The molecule has 1 unspecified atom stereocenters. The van der Waals surface area contributed by atoms with Crippen molar-refractivity contribution in [2.24, 2.45) is 0 Å². The highest BCUT2D eigenvalue weighted by molar-refractivity contribution is 6.12. The van der Waals surface area contributed by atoms with Crippen molar-refractivity contribution < 1.29 is 9.53 Å². The number of nitrogens with zero attached hydrogens (tertiary/aromatic N) is 1. The second-order valence-electron chi connectivity index (χ2n) is 6.72. The Balaban J connectivity index is 1.92. The van der Waals surface area contributed by atoms with Gasteiger partial charge in [0.25, 0.3) is 0 Å². The number of carbonyl (C=O) groups excluding carboxylic acids is 1. The average molecular weight is 335 g/mol. The lowest BCUT2D eigenvalue weighted by Gasteiger charge is -2.16. The highest BCUT2D eigenvalue weighted by atomic mass is 16.5. The summed E-state index contributed by atoms with van der Waals surface area (Å²) in [6.07, 6.45) is 5.22. The molecule has 0 aromatic heterocycles. The molecule has 130 valence electrons. The fraction of sp³-hybridized carbons (Fsp3) is 0.409. The van der Waals surface area contributed by atoms with Crippen LogP contribution in [0.25, 0.3) is 10.8 Å². The molecule has 0 amide bonds. The number of cyclic esters (lactones) is 1. The summed E-state index contributed by atoms with van der Waals surface area (Å²) < 4.78 is 5.57. The minimum absolute atomic E-state index is 0.264. The van der Waals surface area contributed by atoms with Crippen molar-refractivity contribution in [3.63, 3.8) is 0 Å². The largest absolute Gasteiger partial charge is 0.440 e. The lowest BCUT2D eigenvalue weighted by atomic mass is 9.96. The maximum atomic E-state index is 12.5. The molecule has 2 aromatic rings. The molecule has 0 saturated carbocycles. The van der Waals surface area contributed by atoms with E-state index in [1.54, 1.807) is 0 Å². The van der Waals surface area contributed by atoms with Gasteiger partial charge in [-0.15, -0.1) is 0 Å². The standard InChI is InChI=1S/C22H25NO2/c1-4-5-6-7-8-9-13-19-17-15-14-16-11-10-12-18(23(2)3)20(16)21(17)22(24)25-19/h10-12,14-15,19H,4-8H2,1-3H3. The van der Waals surface area contributed by atoms with Crippen molar-refractivity contribution in [1.82, 2.24) is 0 Å². The molecule has 0 bridgehead atoms. The van der Waals surface area contributed by atoms with Crippen LogP contribution in [-0.4, -0.2) is 20.1 Å². The molecule has 3 nitrogen and oxygen atoms in total. The second kappa shape index (κ2) is 7.61. The maximum Gasteiger partial charge on any atom is 0.340 e. The van der Waals surface area contributed by atoms with Crippen LogP contribution in [0, 0.1) is 11.8 Å². The van der Waals surface area contributed by atoms with Crippen molar-refractivity contribution in [3.05, 3.63) is 41.5 Å². The summed E-state index contributed by atoms with van der Waals surface area (Å²) in [5.41, 5.74) is 2.60. The molecule has 1 heterocycles. The smallest absolute Gasteiger partial charge is 0.340 e. The van der Waals surface area contributed by atoms with E-state index in [1.807, 2.05) is 43.3 Å². The summed E-state index contributed by atoms with van der Waals surface area (Å²) in [5.74, 6) is 6.08. The van der Waals surface area contributed by atoms with Gasteiger partial charge in [0.15, 0.2) is 6.10 Å². The molecule has 3 rings (SSSR count).